The molecule has 1 amide bonds. The van der Waals surface area contributed by atoms with Gasteiger partial charge in [-0.3, -0.25) is 4.79 Å². The van der Waals surface area contributed by atoms with Crippen LogP contribution in [0.15, 0.2) is 84.9 Å². The molecule has 5 rings (SSSR count). The molecule has 3 N–H and O–H groups in total. The molecule has 1 aliphatic carbocycles. The maximum atomic E-state index is 14.5. The van der Waals surface area contributed by atoms with Crippen molar-refractivity contribution in [3.63, 3.8) is 0 Å². The minimum Gasteiger partial charge on any atom is -0.457 e. The van der Waals surface area contributed by atoms with Gasteiger partial charge >= 0.3 is 18.5 Å². The summed E-state index contributed by atoms with van der Waals surface area (Å²) in [6, 6.07) is 22.7. The van der Waals surface area contributed by atoms with Crippen LogP contribution in [0.2, 0.25) is 5.02 Å². The van der Waals surface area contributed by atoms with E-state index in [-0.39, 0.29) is 6.54 Å². The highest BCUT2D eigenvalue weighted by Gasteiger charge is 2.33. The lowest BCUT2D eigenvalue weighted by molar-refractivity contribution is 0.0633. The first kappa shape index (κ1) is 31.7. The van der Waals surface area contributed by atoms with Crippen molar-refractivity contribution in [2.75, 3.05) is 0 Å². The average Bonchev–Trinajstić information content (AvgIpc) is 3.01. The molecule has 0 radical (unpaired) electrons. The van der Waals surface area contributed by atoms with Gasteiger partial charge in [-0.25, -0.2) is 14.4 Å². The van der Waals surface area contributed by atoms with Crippen LogP contribution >= 0.6 is 11.6 Å². The number of fused-ring (bicyclic) bond motifs is 1. The first-order valence-electron chi connectivity index (χ1n) is 13.9. The van der Waals surface area contributed by atoms with Crippen molar-refractivity contribution < 1.29 is 53.4 Å². The predicted octanol–water partition coefficient (Wildman–Crippen LogP) is 8.02. The Labute approximate surface area is 266 Å². The highest BCUT2D eigenvalue weighted by Crippen LogP contribution is 2.40. The summed E-state index contributed by atoms with van der Waals surface area (Å²) in [5, 5.41) is 28.4. The number of halogens is 1. The fraction of sp³-hybridized carbons (Fsp3) is 0.152. The second kappa shape index (κ2) is 13.9. The van der Waals surface area contributed by atoms with Crippen LogP contribution in [-0.2, 0) is 13.0 Å². The summed E-state index contributed by atoms with van der Waals surface area (Å²) in [5.74, 6) is -1.64. The van der Waals surface area contributed by atoms with Crippen LogP contribution in [0.3, 0.4) is 0 Å². The molecule has 13 heteroatoms. The van der Waals surface area contributed by atoms with Crippen molar-refractivity contribution in [3.8, 4) is 28.7 Å². The van der Waals surface area contributed by atoms with Crippen molar-refractivity contribution in [1.82, 2.24) is 4.90 Å². The predicted molar refractivity (Wildman–Crippen MR) is 162 cm³/mol. The van der Waals surface area contributed by atoms with E-state index < -0.39 is 53.2 Å². The van der Waals surface area contributed by atoms with Gasteiger partial charge in [0.05, 0.1) is 11.6 Å². The van der Waals surface area contributed by atoms with Crippen molar-refractivity contribution in [3.05, 3.63) is 112 Å². The summed E-state index contributed by atoms with van der Waals surface area (Å²) in [7, 11) is 0. The maximum absolute atomic E-state index is 14.5. The van der Waals surface area contributed by atoms with E-state index in [0.717, 1.165) is 36.1 Å². The zero-order valence-electron chi connectivity index (χ0n) is 23.9. The highest BCUT2D eigenvalue weighted by atomic mass is 35.5. The summed E-state index contributed by atoms with van der Waals surface area (Å²) in [5.41, 5.74) is 2.20. The van der Waals surface area contributed by atoms with E-state index in [1.807, 2.05) is 24.3 Å². The first-order chi connectivity index (χ1) is 22.1. The molecule has 0 bridgehead atoms. The summed E-state index contributed by atoms with van der Waals surface area (Å²) in [6.45, 7) is 0.0185. The minimum atomic E-state index is -1.84. The number of benzene rings is 4. The number of ether oxygens (including phenoxy) is 4. The Kier molecular flexibility index (Phi) is 9.58. The normalized spacial score (nSPS) is 13.5. The Morgan fingerprint density at radius 3 is 2.09 bits per heavy atom. The number of rotatable bonds is 9. The van der Waals surface area contributed by atoms with E-state index in [1.54, 1.807) is 48.5 Å². The van der Waals surface area contributed by atoms with Gasteiger partial charge in [-0.2, -0.15) is 0 Å². The molecular weight excluding hydrogens is 622 g/mol. The van der Waals surface area contributed by atoms with E-state index in [2.05, 4.69) is 4.74 Å². The van der Waals surface area contributed by atoms with Gasteiger partial charge in [-0.1, -0.05) is 48.0 Å². The zero-order valence-corrected chi connectivity index (χ0v) is 24.7. The van der Waals surface area contributed by atoms with Crippen LogP contribution in [0, 0.1) is 0 Å². The van der Waals surface area contributed by atoms with Gasteiger partial charge < -0.3 is 39.2 Å². The molecule has 4 aromatic rings. The Balaban J connectivity index is 1.59. The SMILES string of the molecule is O=C(O)Oc1cc(OC(=O)O)c(C(=O)N(Cc2cccc(Oc3ccc(Cl)cc3)c2)[C@H]2CCCc3ccccc32)cc1OC(=O)O. The highest BCUT2D eigenvalue weighted by molar-refractivity contribution is 6.30. The molecule has 46 heavy (non-hydrogen) atoms. The van der Waals surface area contributed by atoms with E-state index >= 15 is 0 Å². The molecule has 0 saturated carbocycles. The van der Waals surface area contributed by atoms with E-state index in [0.29, 0.717) is 28.5 Å². The summed E-state index contributed by atoms with van der Waals surface area (Å²) in [6.07, 6.45) is -3.35. The lowest BCUT2D eigenvalue weighted by Crippen LogP contribution is -2.36. The molecule has 1 aliphatic rings. The number of hydrogen-bond acceptors (Lipinski definition) is 8. The summed E-state index contributed by atoms with van der Waals surface area (Å²) >= 11 is 5.99. The van der Waals surface area contributed by atoms with E-state index in [1.165, 1.54) is 4.90 Å². The third-order valence-corrected chi connectivity index (χ3v) is 7.40. The van der Waals surface area contributed by atoms with Gasteiger partial charge in [0.15, 0.2) is 17.2 Å². The van der Waals surface area contributed by atoms with Crippen LogP contribution in [0.1, 0.15) is 45.9 Å². The van der Waals surface area contributed by atoms with Crippen LogP contribution in [0.4, 0.5) is 14.4 Å². The molecule has 0 heterocycles. The molecule has 1 atom stereocenters. The molecule has 236 valence electrons. The fourth-order valence-corrected chi connectivity index (χ4v) is 5.43. The van der Waals surface area contributed by atoms with Gasteiger partial charge in [-0.15, -0.1) is 0 Å². The second-order valence-corrected chi connectivity index (χ2v) is 10.6. The fourth-order valence-electron chi connectivity index (χ4n) is 5.31. The number of carbonyl (C=O) groups excluding carboxylic acids is 1. The molecule has 4 aromatic carbocycles. The van der Waals surface area contributed by atoms with Crippen molar-refractivity contribution in [2.45, 2.75) is 31.8 Å². The van der Waals surface area contributed by atoms with Gasteiger partial charge in [-0.05, 0) is 72.4 Å². The van der Waals surface area contributed by atoms with Crippen molar-refractivity contribution >= 4 is 36.0 Å². The molecule has 0 aromatic heterocycles. The summed E-state index contributed by atoms with van der Waals surface area (Å²) in [4.78, 5) is 50.3. The van der Waals surface area contributed by atoms with Crippen LogP contribution < -0.4 is 18.9 Å². The second-order valence-electron chi connectivity index (χ2n) is 10.1. The monoisotopic (exact) mass is 647 g/mol. The molecule has 0 unspecified atom stereocenters. The number of aryl methyl sites for hydroxylation is 1. The molecule has 0 saturated heterocycles. The number of carboxylic acid groups (broad SMARTS) is 3. The summed E-state index contributed by atoms with van der Waals surface area (Å²) < 4.78 is 20.2. The van der Waals surface area contributed by atoms with Crippen molar-refractivity contribution in [2.24, 2.45) is 0 Å². The van der Waals surface area contributed by atoms with Gasteiger partial charge in [0, 0.05) is 23.7 Å². The number of amides is 1. The average molecular weight is 648 g/mol. The first-order valence-corrected chi connectivity index (χ1v) is 14.3. The van der Waals surface area contributed by atoms with Gasteiger partial charge in [0.1, 0.15) is 11.5 Å². The molecule has 0 aliphatic heterocycles. The Hall–Kier alpha value is -5.75. The number of hydrogen-bond donors (Lipinski definition) is 3. The van der Waals surface area contributed by atoms with Crippen LogP contribution in [0.5, 0.6) is 28.7 Å². The lowest BCUT2D eigenvalue weighted by Gasteiger charge is -2.36. The molecule has 0 spiro atoms. The maximum Gasteiger partial charge on any atom is 0.511 e. The van der Waals surface area contributed by atoms with Gasteiger partial charge in [0.25, 0.3) is 5.91 Å². The van der Waals surface area contributed by atoms with Gasteiger partial charge in [0.2, 0.25) is 0 Å². The van der Waals surface area contributed by atoms with E-state index in [9.17, 15) is 29.4 Å². The smallest absolute Gasteiger partial charge is 0.457 e. The van der Waals surface area contributed by atoms with Crippen molar-refractivity contribution in [1.29, 1.82) is 0 Å². The molecular formula is C33H26ClNO11. The van der Waals surface area contributed by atoms with Crippen LogP contribution in [-0.4, -0.2) is 44.6 Å². The largest absolute Gasteiger partial charge is 0.511 e. The Morgan fingerprint density at radius 2 is 1.39 bits per heavy atom. The van der Waals surface area contributed by atoms with E-state index in [4.69, 9.17) is 30.9 Å². The third-order valence-electron chi connectivity index (χ3n) is 7.14. The minimum absolute atomic E-state index is 0.0185. The van der Waals surface area contributed by atoms with Crippen LogP contribution in [0.25, 0.3) is 0 Å². The molecule has 12 nitrogen and oxygen atoms in total. The Morgan fingerprint density at radius 1 is 0.739 bits per heavy atom. The molecule has 0 fully saturated rings. The lowest BCUT2D eigenvalue weighted by atomic mass is 9.86. The standard InChI is InChI=1S/C33H26ClNO11/c34-21-11-13-22(14-12-21)43-23-8-3-5-19(15-23)18-35(26-10-4-7-20-6-1-2-9-24(20)26)30(36)25-16-28(45-32(39)40)29(46-33(41)42)17-27(25)44-31(37)38/h1-3,5-6,8-9,11-17,26H,4,7,10,18H2,(H,37,38)(H,39,40)(H,41,42)/t26-/m0/s1. The quantitative estimate of drug-likeness (QED) is 0.119. The number of nitrogens with zero attached hydrogens (tertiary/aromatic N) is 1. The zero-order chi connectivity index (χ0) is 32.8. The Bertz CT molecular complexity index is 1790. The third kappa shape index (κ3) is 7.66. The topological polar surface area (TPSA) is 169 Å². The number of carbonyl (C=O) groups is 4.